The molecule has 86 valence electrons. The van der Waals surface area contributed by atoms with Crippen molar-refractivity contribution in [1.29, 1.82) is 0 Å². The Morgan fingerprint density at radius 2 is 2.41 bits per heavy atom. The van der Waals surface area contributed by atoms with Gasteiger partial charge in [-0.05, 0) is 18.4 Å². The monoisotopic (exact) mass is 246 g/mol. The van der Waals surface area contributed by atoms with Crippen molar-refractivity contribution >= 4 is 11.3 Å². The number of imidazole rings is 1. The SMILES string of the molecule is CC(c1nc(-c2ccsc2)no1)n1ccnc1. The molecule has 6 heteroatoms. The summed E-state index contributed by atoms with van der Waals surface area (Å²) in [6.07, 6.45) is 5.34. The number of thiophene rings is 1. The summed E-state index contributed by atoms with van der Waals surface area (Å²) in [5, 5.41) is 7.96. The van der Waals surface area contributed by atoms with Gasteiger partial charge < -0.3 is 9.09 Å². The highest BCUT2D eigenvalue weighted by atomic mass is 32.1. The number of nitrogens with zero attached hydrogens (tertiary/aromatic N) is 4. The first-order valence-corrected chi connectivity index (χ1v) is 6.12. The maximum absolute atomic E-state index is 5.27. The first kappa shape index (κ1) is 10.2. The largest absolute Gasteiger partial charge is 0.337 e. The van der Waals surface area contributed by atoms with Gasteiger partial charge in [0.15, 0.2) is 0 Å². The van der Waals surface area contributed by atoms with Crippen molar-refractivity contribution in [2.75, 3.05) is 0 Å². The number of hydrogen-bond donors (Lipinski definition) is 0. The Kier molecular flexibility index (Phi) is 2.49. The highest BCUT2D eigenvalue weighted by Gasteiger charge is 2.16. The average molecular weight is 246 g/mol. The molecule has 0 amide bonds. The van der Waals surface area contributed by atoms with Crippen molar-refractivity contribution in [1.82, 2.24) is 19.7 Å². The minimum Gasteiger partial charge on any atom is -0.337 e. The Morgan fingerprint density at radius 1 is 1.47 bits per heavy atom. The lowest BCUT2D eigenvalue weighted by molar-refractivity contribution is 0.345. The van der Waals surface area contributed by atoms with Crippen molar-refractivity contribution in [3.63, 3.8) is 0 Å². The van der Waals surface area contributed by atoms with Gasteiger partial charge in [-0.1, -0.05) is 5.16 Å². The van der Waals surface area contributed by atoms with E-state index in [0.717, 1.165) is 5.56 Å². The predicted molar refractivity (Wildman–Crippen MR) is 63.7 cm³/mol. The first-order chi connectivity index (χ1) is 8.34. The Hall–Kier alpha value is -1.95. The van der Waals surface area contributed by atoms with Gasteiger partial charge in [0.1, 0.15) is 6.04 Å². The summed E-state index contributed by atoms with van der Waals surface area (Å²) in [6.45, 7) is 1.99. The highest BCUT2D eigenvalue weighted by molar-refractivity contribution is 7.08. The first-order valence-electron chi connectivity index (χ1n) is 5.18. The quantitative estimate of drug-likeness (QED) is 0.712. The van der Waals surface area contributed by atoms with E-state index in [2.05, 4.69) is 15.1 Å². The fourth-order valence-corrected chi connectivity index (χ4v) is 2.17. The second-order valence-corrected chi connectivity index (χ2v) is 4.43. The van der Waals surface area contributed by atoms with Gasteiger partial charge in [-0.2, -0.15) is 16.3 Å². The van der Waals surface area contributed by atoms with Gasteiger partial charge in [0.2, 0.25) is 11.7 Å². The molecule has 1 atom stereocenters. The van der Waals surface area contributed by atoms with Crippen molar-refractivity contribution in [2.45, 2.75) is 13.0 Å². The molecule has 0 N–H and O–H groups in total. The topological polar surface area (TPSA) is 56.7 Å². The molecular weight excluding hydrogens is 236 g/mol. The van der Waals surface area contributed by atoms with E-state index in [0.29, 0.717) is 11.7 Å². The van der Waals surface area contributed by atoms with Crippen LogP contribution in [0.15, 0.2) is 40.1 Å². The molecule has 1 unspecified atom stereocenters. The molecule has 0 aromatic carbocycles. The van der Waals surface area contributed by atoms with Gasteiger partial charge in [-0.3, -0.25) is 0 Å². The van der Waals surface area contributed by atoms with Crippen molar-refractivity contribution in [2.24, 2.45) is 0 Å². The molecule has 3 aromatic heterocycles. The maximum Gasteiger partial charge on any atom is 0.249 e. The van der Waals surface area contributed by atoms with E-state index >= 15 is 0 Å². The fraction of sp³-hybridized carbons (Fsp3) is 0.182. The van der Waals surface area contributed by atoms with E-state index in [1.54, 1.807) is 23.9 Å². The molecule has 0 radical (unpaired) electrons. The van der Waals surface area contributed by atoms with E-state index in [9.17, 15) is 0 Å². The lowest BCUT2D eigenvalue weighted by Gasteiger charge is -2.06. The molecule has 0 aliphatic carbocycles. The molecule has 3 heterocycles. The van der Waals surface area contributed by atoms with Crippen LogP contribution in [-0.2, 0) is 0 Å². The van der Waals surface area contributed by atoms with Gasteiger partial charge in [-0.15, -0.1) is 0 Å². The molecule has 0 aliphatic heterocycles. The molecule has 17 heavy (non-hydrogen) atoms. The van der Waals surface area contributed by atoms with E-state index in [-0.39, 0.29) is 6.04 Å². The third-order valence-corrected chi connectivity index (χ3v) is 3.23. The number of hydrogen-bond acceptors (Lipinski definition) is 5. The lowest BCUT2D eigenvalue weighted by Crippen LogP contribution is -2.04. The Bertz CT molecular complexity index is 585. The van der Waals surface area contributed by atoms with E-state index in [1.165, 1.54) is 0 Å². The summed E-state index contributed by atoms with van der Waals surface area (Å²) >= 11 is 1.61. The molecule has 0 spiro atoms. The van der Waals surface area contributed by atoms with E-state index in [1.807, 2.05) is 34.5 Å². The van der Waals surface area contributed by atoms with Crippen molar-refractivity contribution < 1.29 is 4.52 Å². The molecule has 5 nitrogen and oxygen atoms in total. The van der Waals surface area contributed by atoms with Crippen LogP contribution < -0.4 is 0 Å². The normalized spacial score (nSPS) is 12.8. The second-order valence-electron chi connectivity index (χ2n) is 3.65. The van der Waals surface area contributed by atoms with Gasteiger partial charge in [0, 0.05) is 23.3 Å². The summed E-state index contributed by atoms with van der Waals surface area (Å²) in [7, 11) is 0. The van der Waals surface area contributed by atoms with Crippen LogP contribution in [-0.4, -0.2) is 19.7 Å². The maximum atomic E-state index is 5.27. The van der Waals surface area contributed by atoms with Gasteiger partial charge in [0.05, 0.1) is 6.33 Å². The van der Waals surface area contributed by atoms with Crippen LogP contribution in [0.3, 0.4) is 0 Å². The van der Waals surface area contributed by atoms with Crippen molar-refractivity contribution in [3.8, 4) is 11.4 Å². The van der Waals surface area contributed by atoms with Gasteiger partial charge in [0.25, 0.3) is 0 Å². The zero-order valence-corrected chi connectivity index (χ0v) is 9.96. The minimum atomic E-state index is -0.00242. The Balaban J connectivity index is 1.90. The molecule has 0 aliphatic rings. The van der Waals surface area contributed by atoms with Crippen LogP contribution in [0.25, 0.3) is 11.4 Å². The number of rotatable bonds is 3. The summed E-state index contributed by atoms with van der Waals surface area (Å²) < 4.78 is 7.19. The van der Waals surface area contributed by atoms with Crippen LogP contribution in [0.1, 0.15) is 18.9 Å². The molecule has 3 aromatic rings. The van der Waals surface area contributed by atoms with Crippen molar-refractivity contribution in [3.05, 3.63) is 41.4 Å². The summed E-state index contributed by atoms with van der Waals surface area (Å²) in [5.74, 6) is 1.22. The van der Waals surface area contributed by atoms with E-state index < -0.39 is 0 Å². The lowest BCUT2D eigenvalue weighted by atomic mass is 10.3. The van der Waals surface area contributed by atoms with Gasteiger partial charge in [-0.25, -0.2) is 4.98 Å². The number of aromatic nitrogens is 4. The summed E-state index contributed by atoms with van der Waals surface area (Å²) in [5.41, 5.74) is 0.989. The molecule has 0 fully saturated rings. The third kappa shape index (κ3) is 1.87. The minimum absolute atomic E-state index is 0.00242. The van der Waals surface area contributed by atoms with Gasteiger partial charge >= 0.3 is 0 Å². The molecular formula is C11H10N4OS. The second kappa shape index (κ2) is 4.14. The van der Waals surface area contributed by atoms with Crippen LogP contribution in [0, 0.1) is 0 Å². The average Bonchev–Trinajstić information content (AvgIpc) is 3.09. The standard InChI is InChI=1S/C11H10N4OS/c1-8(15-4-3-12-7-15)11-13-10(14-16-11)9-2-5-17-6-9/h2-8H,1H3. The van der Waals surface area contributed by atoms with Crippen LogP contribution in [0.5, 0.6) is 0 Å². The fourth-order valence-electron chi connectivity index (χ4n) is 1.54. The molecule has 0 saturated carbocycles. The Morgan fingerprint density at radius 3 is 3.12 bits per heavy atom. The molecule has 0 saturated heterocycles. The molecule has 3 rings (SSSR count). The zero-order valence-electron chi connectivity index (χ0n) is 9.15. The van der Waals surface area contributed by atoms with E-state index in [4.69, 9.17) is 4.52 Å². The molecule has 0 bridgehead atoms. The van der Waals surface area contributed by atoms with Crippen LogP contribution in [0.4, 0.5) is 0 Å². The smallest absolute Gasteiger partial charge is 0.249 e. The summed E-state index contributed by atoms with van der Waals surface area (Å²) in [6, 6.07) is 1.97. The highest BCUT2D eigenvalue weighted by Crippen LogP contribution is 2.22. The van der Waals surface area contributed by atoms with Crippen LogP contribution in [0.2, 0.25) is 0 Å². The van der Waals surface area contributed by atoms with Crippen LogP contribution >= 0.6 is 11.3 Å². The third-order valence-electron chi connectivity index (χ3n) is 2.55. The predicted octanol–water partition coefficient (Wildman–Crippen LogP) is 2.60. The Labute approximate surface area is 102 Å². The summed E-state index contributed by atoms with van der Waals surface area (Å²) in [4.78, 5) is 8.39. The zero-order chi connectivity index (χ0) is 11.7.